The van der Waals surface area contributed by atoms with E-state index in [9.17, 15) is 4.79 Å². The van der Waals surface area contributed by atoms with Crippen LogP contribution in [0.25, 0.3) is 0 Å². The van der Waals surface area contributed by atoms with Crippen molar-refractivity contribution in [2.24, 2.45) is 0 Å². The first-order valence-electron chi connectivity index (χ1n) is 4.44. The Kier molecular flexibility index (Phi) is 6.08. The van der Waals surface area contributed by atoms with Gasteiger partial charge in [0.2, 0.25) is 5.91 Å². The van der Waals surface area contributed by atoms with Gasteiger partial charge in [0, 0.05) is 19.7 Å². The lowest BCUT2D eigenvalue weighted by molar-refractivity contribution is -0.132. The molecule has 78 valence electrons. The fraction of sp³-hybridized carbons (Fsp3) is 0.889. The number of carbonyl (C=O) groups excluding carboxylic acids is 1. The van der Waals surface area contributed by atoms with Crippen molar-refractivity contribution >= 4 is 17.5 Å². The summed E-state index contributed by atoms with van der Waals surface area (Å²) >= 11 is 5.71. The summed E-state index contributed by atoms with van der Waals surface area (Å²) in [4.78, 5) is 13.3. The van der Waals surface area contributed by atoms with Gasteiger partial charge in [-0.2, -0.15) is 0 Å². The average Bonchev–Trinajstić information content (AvgIpc) is 2.04. The summed E-state index contributed by atoms with van der Waals surface area (Å²) in [6.45, 7) is 6.77. The number of ether oxygens (including phenoxy) is 1. The van der Waals surface area contributed by atoms with Crippen molar-refractivity contribution in [3.8, 4) is 0 Å². The van der Waals surface area contributed by atoms with E-state index >= 15 is 0 Å². The summed E-state index contributed by atoms with van der Waals surface area (Å²) in [7, 11) is 1.62. The minimum Gasteiger partial charge on any atom is -0.383 e. The Hall–Kier alpha value is -0.280. The van der Waals surface area contributed by atoms with E-state index in [0.717, 1.165) is 0 Å². The first-order chi connectivity index (χ1) is 6.00. The number of rotatable bonds is 5. The third kappa shape index (κ3) is 4.48. The van der Waals surface area contributed by atoms with Crippen molar-refractivity contribution in [2.45, 2.75) is 32.2 Å². The van der Waals surface area contributed by atoms with Crippen LogP contribution in [0.1, 0.15) is 20.8 Å². The van der Waals surface area contributed by atoms with E-state index in [1.165, 1.54) is 0 Å². The molecule has 0 aromatic carbocycles. The fourth-order valence-corrected chi connectivity index (χ4v) is 1.17. The summed E-state index contributed by atoms with van der Waals surface area (Å²) in [6.07, 6.45) is 0. The molecule has 0 saturated heterocycles. The van der Waals surface area contributed by atoms with Crippen LogP contribution in [0.5, 0.6) is 0 Å². The van der Waals surface area contributed by atoms with Gasteiger partial charge in [-0.05, 0) is 20.8 Å². The van der Waals surface area contributed by atoms with E-state index in [-0.39, 0.29) is 11.9 Å². The Morgan fingerprint density at radius 3 is 2.31 bits per heavy atom. The van der Waals surface area contributed by atoms with Crippen molar-refractivity contribution in [1.29, 1.82) is 0 Å². The number of halogens is 1. The molecule has 0 heterocycles. The lowest BCUT2D eigenvalue weighted by atomic mass is 10.3. The predicted molar refractivity (Wildman–Crippen MR) is 54.0 cm³/mol. The Balaban J connectivity index is 4.16. The zero-order chi connectivity index (χ0) is 10.4. The van der Waals surface area contributed by atoms with E-state index in [2.05, 4.69) is 0 Å². The van der Waals surface area contributed by atoms with Gasteiger partial charge >= 0.3 is 0 Å². The number of nitrogens with zero attached hydrogens (tertiary/aromatic N) is 1. The highest BCUT2D eigenvalue weighted by Gasteiger charge is 2.20. The number of amides is 1. The zero-order valence-corrected chi connectivity index (χ0v) is 9.47. The molecule has 0 spiro atoms. The molecule has 0 radical (unpaired) electrons. The normalized spacial score (nSPS) is 13.1. The SMILES string of the molecule is COCCN(C(=O)C(C)Cl)C(C)C. The lowest BCUT2D eigenvalue weighted by Gasteiger charge is -2.27. The van der Waals surface area contributed by atoms with Crippen LogP contribution < -0.4 is 0 Å². The maximum absolute atomic E-state index is 11.5. The molecule has 0 bridgehead atoms. The number of carbonyl (C=O) groups is 1. The molecular formula is C9H18ClNO2. The Labute approximate surface area is 85.0 Å². The summed E-state index contributed by atoms with van der Waals surface area (Å²) in [5, 5.41) is -0.459. The second-order valence-corrected chi connectivity index (χ2v) is 3.89. The average molecular weight is 208 g/mol. The van der Waals surface area contributed by atoms with Crippen molar-refractivity contribution in [2.75, 3.05) is 20.3 Å². The van der Waals surface area contributed by atoms with Gasteiger partial charge in [0.25, 0.3) is 0 Å². The molecule has 1 unspecified atom stereocenters. The highest BCUT2D eigenvalue weighted by molar-refractivity contribution is 6.30. The zero-order valence-electron chi connectivity index (χ0n) is 8.71. The number of alkyl halides is 1. The molecule has 0 aliphatic carbocycles. The molecule has 1 atom stereocenters. The van der Waals surface area contributed by atoms with Crippen LogP contribution in [0.3, 0.4) is 0 Å². The maximum atomic E-state index is 11.5. The van der Waals surface area contributed by atoms with Gasteiger partial charge in [0.1, 0.15) is 5.38 Å². The molecule has 3 nitrogen and oxygen atoms in total. The lowest BCUT2D eigenvalue weighted by Crippen LogP contribution is -2.42. The first-order valence-corrected chi connectivity index (χ1v) is 4.87. The van der Waals surface area contributed by atoms with Gasteiger partial charge in [0.15, 0.2) is 0 Å². The van der Waals surface area contributed by atoms with Gasteiger partial charge in [-0.25, -0.2) is 0 Å². The first kappa shape index (κ1) is 12.7. The van der Waals surface area contributed by atoms with Gasteiger partial charge in [-0.3, -0.25) is 4.79 Å². The van der Waals surface area contributed by atoms with Gasteiger partial charge in [0.05, 0.1) is 6.61 Å². The van der Waals surface area contributed by atoms with Crippen molar-refractivity contribution in [3.05, 3.63) is 0 Å². The molecule has 4 heteroatoms. The standard InChI is InChI=1S/C9H18ClNO2/c1-7(2)11(5-6-13-4)9(12)8(3)10/h7-8H,5-6H2,1-4H3. The predicted octanol–water partition coefficient (Wildman–Crippen LogP) is 1.50. The van der Waals surface area contributed by atoms with Crippen LogP contribution >= 0.6 is 11.6 Å². The third-order valence-corrected chi connectivity index (χ3v) is 1.97. The Morgan fingerprint density at radius 1 is 1.46 bits per heavy atom. The number of methoxy groups -OCH3 is 1. The van der Waals surface area contributed by atoms with Gasteiger partial charge in [-0.1, -0.05) is 0 Å². The van der Waals surface area contributed by atoms with E-state index in [1.807, 2.05) is 13.8 Å². The van der Waals surface area contributed by atoms with E-state index in [4.69, 9.17) is 16.3 Å². The van der Waals surface area contributed by atoms with Crippen LogP contribution in [-0.2, 0) is 9.53 Å². The van der Waals surface area contributed by atoms with E-state index < -0.39 is 5.38 Å². The van der Waals surface area contributed by atoms with Crippen LogP contribution in [0, 0.1) is 0 Å². The molecule has 1 amide bonds. The topological polar surface area (TPSA) is 29.5 Å². The summed E-state index contributed by atoms with van der Waals surface area (Å²) in [5.41, 5.74) is 0. The fourth-order valence-electron chi connectivity index (χ4n) is 1.04. The molecule has 0 saturated carbocycles. The minimum atomic E-state index is -0.459. The largest absolute Gasteiger partial charge is 0.383 e. The molecule has 0 N–H and O–H groups in total. The molecule has 0 aliphatic rings. The highest BCUT2D eigenvalue weighted by Crippen LogP contribution is 2.05. The molecule has 13 heavy (non-hydrogen) atoms. The number of hydrogen-bond acceptors (Lipinski definition) is 2. The smallest absolute Gasteiger partial charge is 0.240 e. The molecule has 0 fully saturated rings. The molecular weight excluding hydrogens is 190 g/mol. The summed E-state index contributed by atoms with van der Waals surface area (Å²) in [6, 6.07) is 0.170. The number of hydrogen-bond donors (Lipinski definition) is 0. The molecule has 0 aliphatic heterocycles. The van der Waals surface area contributed by atoms with Crippen molar-refractivity contribution < 1.29 is 9.53 Å². The van der Waals surface area contributed by atoms with Crippen LogP contribution in [0.15, 0.2) is 0 Å². The van der Waals surface area contributed by atoms with Crippen LogP contribution in [0.4, 0.5) is 0 Å². The summed E-state index contributed by atoms with van der Waals surface area (Å²) < 4.78 is 4.92. The van der Waals surface area contributed by atoms with Gasteiger partial charge in [-0.15, -0.1) is 11.6 Å². The third-order valence-electron chi connectivity index (χ3n) is 1.78. The molecule has 0 aromatic rings. The second-order valence-electron chi connectivity index (χ2n) is 3.23. The molecule has 0 aromatic heterocycles. The summed E-state index contributed by atoms with van der Waals surface area (Å²) in [5.74, 6) is -0.0336. The van der Waals surface area contributed by atoms with Gasteiger partial charge < -0.3 is 9.64 Å². The Bertz CT molecular complexity index is 160. The van der Waals surface area contributed by atoms with E-state index in [1.54, 1.807) is 18.9 Å². The van der Waals surface area contributed by atoms with Crippen LogP contribution in [-0.4, -0.2) is 42.5 Å². The minimum absolute atomic E-state index is 0.0336. The van der Waals surface area contributed by atoms with Crippen molar-refractivity contribution in [1.82, 2.24) is 4.90 Å². The highest BCUT2D eigenvalue weighted by atomic mass is 35.5. The van der Waals surface area contributed by atoms with Crippen LogP contribution in [0.2, 0.25) is 0 Å². The second kappa shape index (κ2) is 6.22. The monoisotopic (exact) mass is 207 g/mol. The Morgan fingerprint density at radius 2 is 2.00 bits per heavy atom. The van der Waals surface area contributed by atoms with E-state index in [0.29, 0.717) is 13.2 Å². The quantitative estimate of drug-likeness (QED) is 0.640. The maximum Gasteiger partial charge on any atom is 0.240 e. The molecule has 0 rings (SSSR count). The van der Waals surface area contributed by atoms with Crippen molar-refractivity contribution in [3.63, 3.8) is 0 Å².